The molecule has 1 aromatic carbocycles. The average molecular weight is 342 g/mol. The van der Waals surface area contributed by atoms with Gasteiger partial charge >= 0.3 is 0 Å². The molecule has 0 bridgehead atoms. The van der Waals surface area contributed by atoms with Crippen molar-refractivity contribution in [3.63, 3.8) is 0 Å². The zero-order valence-corrected chi connectivity index (χ0v) is 14.3. The van der Waals surface area contributed by atoms with E-state index in [1.165, 1.54) is 6.08 Å². The van der Waals surface area contributed by atoms with E-state index in [9.17, 15) is 4.79 Å². The molecule has 0 radical (unpaired) electrons. The van der Waals surface area contributed by atoms with Crippen molar-refractivity contribution < 1.29 is 4.79 Å². The monoisotopic (exact) mass is 342 g/mol. The SMILES string of the molecule is C=CC(=O)N1CCc2c(nc(-c3ccccc3)nc2-c2cccnc2)C1. The quantitative estimate of drug-likeness (QED) is 0.686. The summed E-state index contributed by atoms with van der Waals surface area (Å²) >= 11 is 0. The minimum Gasteiger partial charge on any atom is -0.333 e. The third-order valence-corrected chi connectivity index (χ3v) is 4.52. The van der Waals surface area contributed by atoms with Crippen molar-refractivity contribution in [2.75, 3.05) is 6.54 Å². The van der Waals surface area contributed by atoms with E-state index >= 15 is 0 Å². The second-order valence-corrected chi connectivity index (χ2v) is 6.14. The van der Waals surface area contributed by atoms with Crippen molar-refractivity contribution >= 4 is 5.91 Å². The summed E-state index contributed by atoms with van der Waals surface area (Å²) in [7, 11) is 0. The first-order valence-electron chi connectivity index (χ1n) is 8.53. The topological polar surface area (TPSA) is 59.0 Å². The Kier molecular flexibility index (Phi) is 4.27. The summed E-state index contributed by atoms with van der Waals surface area (Å²) in [6.07, 6.45) is 5.64. The van der Waals surface area contributed by atoms with E-state index in [1.54, 1.807) is 11.1 Å². The first-order valence-corrected chi connectivity index (χ1v) is 8.53. The molecular weight excluding hydrogens is 324 g/mol. The summed E-state index contributed by atoms with van der Waals surface area (Å²) < 4.78 is 0. The highest BCUT2D eigenvalue weighted by molar-refractivity contribution is 5.87. The van der Waals surface area contributed by atoms with Crippen molar-refractivity contribution in [3.05, 3.63) is 78.8 Å². The second-order valence-electron chi connectivity index (χ2n) is 6.14. The van der Waals surface area contributed by atoms with Crippen molar-refractivity contribution in [3.8, 4) is 22.6 Å². The van der Waals surface area contributed by atoms with Gasteiger partial charge in [-0.3, -0.25) is 9.78 Å². The lowest BCUT2D eigenvalue weighted by atomic mass is 9.98. The van der Waals surface area contributed by atoms with Gasteiger partial charge in [0.15, 0.2) is 5.82 Å². The fourth-order valence-corrected chi connectivity index (χ4v) is 3.21. The molecule has 0 N–H and O–H groups in total. The summed E-state index contributed by atoms with van der Waals surface area (Å²) in [5, 5.41) is 0. The van der Waals surface area contributed by atoms with Crippen LogP contribution in [0.2, 0.25) is 0 Å². The molecule has 1 amide bonds. The van der Waals surface area contributed by atoms with Crippen LogP contribution in [0.25, 0.3) is 22.6 Å². The normalized spacial score (nSPS) is 13.2. The molecule has 128 valence electrons. The first-order chi connectivity index (χ1) is 12.8. The number of nitrogens with zero attached hydrogens (tertiary/aromatic N) is 4. The third-order valence-electron chi connectivity index (χ3n) is 4.52. The van der Waals surface area contributed by atoms with Crippen LogP contribution in [0.3, 0.4) is 0 Å². The van der Waals surface area contributed by atoms with Gasteiger partial charge in [-0.05, 0) is 24.6 Å². The predicted octanol–water partition coefficient (Wildman–Crippen LogP) is 3.28. The highest BCUT2D eigenvalue weighted by atomic mass is 16.2. The average Bonchev–Trinajstić information content (AvgIpc) is 2.73. The highest BCUT2D eigenvalue weighted by Crippen LogP contribution is 2.30. The predicted molar refractivity (Wildman–Crippen MR) is 100 cm³/mol. The van der Waals surface area contributed by atoms with E-state index in [2.05, 4.69) is 11.6 Å². The number of hydrogen-bond acceptors (Lipinski definition) is 4. The molecule has 2 aromatic heterocycles. The van der Waals surface area contributed by atoms with Gasteiger partial charge in [0.1, 0.15) is 0 Å². The Balaban J connectivity index is 1.86. The summed E-state index contributed by atoms with van der Waals surface area (Å²) in [5.41, 5.74) is 4.79. The Morgan fingerprint density at radius 2 is 1.88 bits per heavy atom. The fraction of sp³-hybridized carbons (Fsp3) is 0.143. The fourth-order valence-electron chi connectivity index (χ4n) is 3.21. The second kappa shape index (κ2) is 6.88. The lowest BCUT2D eigenvalue weighted by molar-refractivity contribution is -0.126. The first kappa shape index (κ1) is 16.1. The van der Waals surface area contributed by atoms with Crippen molar-refractivity contribution in [2.45, 2.75) is 13.0 Å². The Hall–Kier alpha value is -3.34. The standard InChI is InChI=1S/C21H18N4O/c1-2-19(26)25-12-10-17-18(14-25)23-21(15-7-4-3-5-8-15)24-20(17)16-9-6-11-22-13-16/h2-9,11,13H,1,10,12,14H2. The zero-order chi connectivity index (χ0) is 17.9. The van der Waals surface area contributed by atoms with Crippen LogP contribution in [0.1, 0.15) is 11.3 Å². The van der Waals surface area contributed by atoms with Gasteiger partial charge in [-0.25, -0.2) is 9.97 Å². The summed E-state index contributed by atoms with van der Waals surface area (Å²) in [4.78, 5) is 27.7. The molecule has 3 aromatic rings. The van der Waals surface area contributed by atoms with Crippen LogP contribution < -0.4 is 0 Å². The largest absolute Gasteiger partial charge is 0.333 e. The summed E-state index contributed by atoms with van der Waals surface area (Å²) in [6.45, 7) is 4.70. The number of benzene rings is 1. The molecule has 0 spiro atoms. The maximum atomic E-state index is 12.0. The number of amides is 1. The molecule has 0 saturated carbocycles. The van der Waals surface area contributed by atoms with E-state index < -0.39 is 0 Å². The van der Waals surface area contributed by atoms with E-state index in [0.717, 1.165) is 28.1 Å². The van der Waals surface area contributed by atoms with Crippen molar-refractivity contribution in [1.29, 1.82) is 0 Å². The molecule has 0 saturated heterocycles. The lowest BCUT2D eigenvalue weighted by Gasteiger charge is -2.28. The summed E-state index contributed by atoms with van der Waals surface area (Å²) in [6, 6.07) is 13.8. The van der Waals surface area contributed by atoms with Gasteiger partial charge in [0.05, 0.1) is 17.9 Å². The van der Waals surface area contributed by atoms with E-state index in [1.807, 2.05) is 48.7 Å². The molecule has 4 rings (SSSR count). The van der Waals surface area contributed by atoms with Gasteiger partial charge in [0.2, 0.25) is 5.91 Å². The summed E-state index contributed by atoms with van der Waals surface area (Å²) in [5.74, 6) is 0.592. The number of pyridine rings is 1. The molecule has 0 unspecified atom stereocenters. The number of carbonyl (C=O) groups is 1. The number of fused-ring (bicyclic) bond motifs is 1. The molecule has 0 fully saturated rings. The number of carbonyl (C=O) groups excluding carboxylic acids is 1. The molecular formula is C21H18N4O. The smallest absolute Gasteiger partial charge is 0.246 e. The Labute approximate surface area is 152 Å². The Bertz CT molecular complexity index is 955. The van der Waals surface area contributed by atoms with Gasteiger partial charge in [0, 0.05) is 35.6 Å². The van der Waals surface area contributed by atoms with Crippen molar-refractivity contribution in [2.24, 2.45) is 0 Å². The van der Waals surface area contributed by atoms with Crippen LogP contribution in [-0.2, 0) is 17.8 Å². The minimum atomic E-state index is -0.0709. The molecule has 5 heteroatoms. The van der Waals surface area contributed by atoms with Crippen molar-refractivity contribution in [1.82, 2.24) is 19.9 Å². The van der Waals surface area contributed by atoms with Crippen LogP contribution >= 0.6 is 0 Å². The van der Waals surface area contributed by atoms with Crippen LogP contribution in [0.15, 0.2) is 67.5 Å². The van der Waals surface area contributed by atoms with Gasteiger partial charge in [-0.15, -0.1) is 0 Å². The Morgan fingerprint density at radius 1 is 1.08 bits per heavy atom. The zero-order valence-electron chi connectivity index (χ0n) is 14.3. The number of aromatic nitrogens is 3. The van der Waals surface area contributed by atoms with E-state index in [4.69, 9.17) is 9.97 Å². The van der Waals surface area contributed by atoms with Crippen LogP contribution in [0.4, 0.5) is 0 Å². The number of hydrogen-bond donors (Lipinski definition) is 0. The van der Waals surface area contributed by atoms with Crippen LogP contribution in [0.5, 0.6) is 0 Å². The molecule has 26 heavy (non-hydrogen) atoms. The van der Waals surface area contributed by atoms with Gasteiger partial charge in [0.25, 0.3) is 0 Å². The third kappa shape index (κ3) is 2.99. The maximum absolute atomic E-state index is 12.0. The van der Waals surface area contributed by atoms with E-state index in [0.29, 0.717) is 25.3 Å². The highest BCUT2D eigenvalue weighted by Gasteiger charge is 2.25. The van der Waals surface area contributed by atoms with Gasteiger partial charge in [-0.2, -0.15) is 0 Å². The minimum absolute atomic E-state index is 0.0709. The molecule has 3 heterocycles. The molecule has 1 aliphatic rings. The maximum Gasteiger partial charge on any atom is 0.246 e. The molecule has 0 atom stereocenters. The van der Waals surface area contributed by atoms with Gasteiger partial charge < -0.3 is 4.90 Å². The molecule has 1 aliphatic heterocycles. The number of rotatable bonds is 3. The van der Waals surface area contributed by atoms with Gasteiger partial charge in [-0.1, -0.05) is 36.9 Å². The van der Waals surface area contributed by atoms with E-state index in [-0.39, 0.29) is 5.91 Å². The van der Waals surface area contributed by atoms with Crippen LogP contribution in [-0.4, -0.2) is 32.3 Å². The Morgan fingerprint density at radius 3 is 2.62 bits per heavy atom. The lowest BCUT2D eigenvalue weighted by Crippen LogP contribution is -2.35. The van der Waals surface area contributed by atoms with Crippen LogP contribution in [0, 0.1) is 0 Å². The molecule has 5 nitrogen and oxygen atoms in total. The molecule has 0 aliphatic carbocycles.